The molecule has 0 N–H and O–H groups in total. The van der Waals surface area contributed by atoms with Gasteiger partial charge in [-0.25, -0.2) is 4.39 Å². The predicted molar refractivity (Wildman–Crippen MR) is 130 cm³/mol. The number of benzene rings is 1. The number of carbonyl (C=O) groups excluding carboxylic acids is 2. The maximum absolute atomic E-state index is 13.3. The minimum atomic E-state index is -0.496. The molecule has 10 heteroatoms. The van der Waals surface area contributed by atoms with Crippen molar-refractivity contribution in [3.05, 3.63) is 52.5 Å². The highest BCUT2D eigenvalue weighted by Crippen LogP contribution is 2.27. The van der Waals surface area contributed by atoms with E-state index in [4.69, 9.17) is 16.0 Å². The fourth-order valence-electron chi connectivity index (χ4n) is 4.58. The third kappa shape index (κ3) is 6.89. The molecule has 2 aromatic rings. The predicted octanol–water partition coefficient (Wildman–Crippen LogP) is 3.51. The molecule has 0 atom stereocenters. The summed E-state index contributed by atoms with van der Waals surface area (Å²) in [7, 11) is 0. The molecule has 0 radical (unpaired) electrons. The van der Waals surface area contributed by atoms with Crippen molar-refractivity contribution >= 4 is 29.5 Å². The normalized spacial score (nSPS) is 18.4. The minimum absolute atomic E-state index is 0.0156. The first-order valence-corrected chi connectivity index (χ1v) is 12.5. The van der Waals surface area contributed by atoms with Crippen molar-refractivity contribution in [3.8, 4) is 0 Å². The zero-order valence-corrected chi connectivity index (χ0v) is 20.7. The van der Waals surface area contributed by atoms with E-state index in [0.29, 0.717) is 50.0 Å². The zero-order valence-electron chi connectivity index (χ0n) is 20.0. The van der Waals surface area contributed by atoms with Gasteiger partial charge < -0.3 is 19.1 Å². The smallest absolute Gasteiger partial charge is 0.246 e. The molecule has 2 saturated heterocycles. The molecule has 8 nitrogen and oxygen atoms in total. The van der Waals surface area contributed by atoms with Crippen molar-refractivity contribution in [1.29, 1.82) is 0 Å². The van der Waals surface area contributed by atoms with Gasteiger partial charge in [-0.1, -0.05) is 17.7 Å². The molecule has 0 bridgehead atoms. The second kappa shape index (κ2) is 11.8. The summed E-state index contributed by atoms with van der Waals surface area (Å²) in [4.78, 5) is 31.2. The van der Waals surface area contributed by atoms with E-state index < -0.39 is 5.82 Å². The largest absolute Gasteiger partial charge is 0.425 e. The van der Waals surface area contributed by atoms with Gasteiger partial charge >= 0.3 is 0 Å². The monoisotopic (exact) mass is 503 g/mol. The third-order valence-corrected chi connectivity index (χ3v) is 6.93. The Balaban J connectivity index is 1.19. The molecular weight excluding hydrogens is 473 g/mol. The number of piperidine rings is 1. The van der Waals surface area contributed by atoms with Crippen LogP contribution in [-0.4, -0.2) is 82.5 Å². The van der Waals surface area contributed by atoms with Gasteiger partial charge in [-0.15, -0.1) is 10.2 Å². The van der Waals surface area contributed by atoms with E-state index >= 15 is 0 Å². The van der Waals surface area contributed by atoms with Crippen molar-refractivity contribution in [2.45, 2.75) is 38.5 Å². The van der Waals surface area contributed by atoms with Crippen molar-refractivity contribution < 1.29 is 18.4 Å². The van der Waals surface area contributed by atoms with Crippen LogP contribution in [0.1, 0.15) is 48.9 Å². The zero-order chi connectivity index (χ0) is 24.8. The quantitative estimate of drug-likeness (QED) is 0.538. The topological polar surface area (TPSA) is 82.8 Å². The molecule has 0 saturated carbocycles. The molecule has 0 aliphatic carbocycles. The Hall–Kier alpha value is -2.78. The van der Waals surface area contributed by atoms with Crippen LogP contribution < -0.4 is 0 Å². The first kappa shape index (κ1) is 25.3. The van der Waals surface area contributed by atoms with E-state index in [1.807, 2.05) is 11.8 Å². The number of nitrogens with zero attached hydrogens (tertiary/aromatic N) is 5. The molecule has 188 valence electrons. The summed E-state index contributed by atoms with van der Waals surface area (Å²) in [5.41, 5.74) is 0.647. The number of aryl methyl sites for hydroxylation is 1. The van der Waals surface area contributed by atoms with Gasteiger partial charge in [-0.2, -0.15) is 0 Å². The Labute approximate surface area is 209 Å². The second-order valence-electron chi connectivity index (χ2n) is 9.09. The number of rotatable bonds is 7. The standard InChI is InChI=1S/C25H31ClFN5O3/c1-18-28-29-25(35-18)20-7-12-30(13-8-20)10-2-11-31-15-16-32(14-9-24(31)34)23(33)6-4-19-3-5-22(27)21(26)17-19/h3-6,17,20H,2,7-16H2,1H3. The Morgan fingerprint density at radius 1 is 1.17 bits per heavy atom. The molecule has 0 spiro atoms. The number of hydrogen-bond donors (Lipinski definition) is 0. The summed E-state index contributed by atoms with van der Waals surface area (Å²) in [6.45, 7) is 6.81. The lowest BCUT2D eigenvalue weighted by Crippen LogP contribution is -2.38. The summed E-state index contributed by atoms with van der Waals surface area (Å²) in [6, 6.07) is 4.31. The highest BCUT2D eigenvalue weighted by Gasteiger charge is 2.26. The fraction of sp³-hybridized carbons (Fsp3) is 0.520. The number of amides is 2. The third-order valence-electron chi connectivity index (χ3n) is 6.64. The van der Waals surface area contributed by atoms with Gasteiger partial charge in [0.25, 0.3) is 0 Å². The molecule has 35 heavy (non-hydrogen) atoms. The Kier molecular flexibility index (Phi) is 8.51. The number of hydrogen-bond acceptors (Lipinski definition) is 6. The first-order chi connectivity index (χ1) is 16.9. The molecule has 4 rings (SSSR count). The van der Waals surface area contributed by atoms with Gasteiger partial charge in [0.1, 0.15) is 5.82 Å². The molecule has 0 unspecified atom stereocenters. The van der Waals surface area contributed by atoms with Crippen LogP contribution in [0.4, 0.5) is 4.39 Å². The summed E-state index contributed by atoms with van der Waals surface area (Å²) in [5, 5.41) is 8.10. The lowest BCUT2D eigenvalue weighted by Gasteiger charge is -2.31. The van der Waals surface area contributed by atoms with Crippen molar-refractivity contribution in [2.24, 2.45) is 0 Å². The van der Waals surface area contributed by atoms with Crippen molar-refractivity contribution in [3.63, 3.8) is 0 Å². The van der Waals surface area contributed by atoms with Crippen LogP contribution in [0.15, 0.2) is 28.7 Å². The van der Waals surface area contributed by atoms with E-state index in [9.17, 15) is 14.0 Å². The molecule has 2 aliphatic rings. The number of halogens is 2. The first-order valence-electron chi connectivity index (χ1n) is 12.1. The van der Waals surface area contributed by atoms with Crippen molar-refractivity contribution in [2.75, 3.05) is 45.8 Å². The van der Waals surface area contributed by atoms with E-state index in [2.05, 4.69) is 15.1 Å². The minimum Gasteiger partial charge on any atom is -0.425 e. The van der Waals surface area contributed by atoms with E-state index in [0.717, 1.165) is 44.8 Å². The molecule has 1 aromatic carbocycles. The van der Waals surface area contributed by atoms with E-state index in [1.165, 1.54) is 18.2 Å². The van der Waals surface area contributed by atoms with Gasteiger partial charge in [0.2, 0.25) is 23.6 Å². The van der Waals surface area contributed by atoms with Crippen LogP contribution in [-0.2, 0) is 9.59 Å². The Morgan fingerprint density at radius 2 is 1.97 bits per heavy atom. The van der Waals surface area contributed by atoms with Crippen LogP contribution in [0.3, 0.4) is 0 Å². The van der Waals surface area contributed by atoms with Gasteiger partial charge in [-0.3, -0.25) is 9.59 Å². The SMILES string of the molecule is Cc1nnc(C2CCN(CCCN3CCN(C(=O)C=Cc4ccc(F)c(Cl)c4)CCC3=O)CC2)o1. The lowest BCUT2D eigenvalue weighted by molar-refractivity contribution is -0.130. The molecule has 3 heterocycles. The van der Waals surface area contributed by atoms with Gasteiger partial charge in [-0.05, 0) is 62.7 Å². The molecule has 2 amide bonds. The summed E-state index contributed by atoms with van der Waals surface area (Å²) in [5.74, 6) is 1.10. The summed E-state index contributed by atoms with van der Waals surface area (Å²) in [6.07, 6.45) is 6.27. The molecular formula is C25H31ClFN5O3. The molecule has 2 fully saturated rings. The average molecular weight is 504 g/mol. The van der Waals surface area contributed by atoms with Crippen LogP contribution in [0.25, 0.3) is 6.08 Å². The summed E-state index contributed by atoms with van der Waals surface area (Å²) < 4.78 is 18.9. The maximum Gasteiger partial charge on any atom is 0.246 e. The van der Waals surface area contributed by atoms with E-state index in [-0.39, 0.29) is 16.8 Å². The highest BCUT2D eigenvalue weighted by molar-refractivity contribution is 6.30. The number of likely N-dealkylation sites (tertiary alicyclic amines) is 1. The Morgan fingerprint density at radius 3 is 2.69 bits per heavy atom. The van der Waals surface area contributed by atoms with Crippen LogP contribution in [0, 0.1) is 12.7 Å². The fourth-order valence-corrected chi connectivity index (χ4v) is 4.77. The molecule has 2 aliphatic heterocycles. The summed E-state index contributed by atoms with van der Waals surface area (Å²) >= 11 is 5.80. The van der Waals surface area contributed by atoms with Crippen LogP contribution in [0.2, 0.25) is 5.02 Å². The number of carbonyl (C=O) groups is 2. The second-order valence-corrected chi connectivity index (χ2v) is 9.50. The molecule has 1 aromatic heterocycles. The highest BCUT2D eigenvalue weighted by atomic mass is 35.5. The number of aromatic nitrogens is 2. The van der Waals surface area contributed by atoms with Crippen molar-refractivity contribution in [1.82, 2.24) is 24.9 Å². The van der Waals surface area contributed by atoms with Gasteiger partial charge in [0, 0.05) is 51.5 Å². The van der Waals surface area contributed by atoms with Gasteiger partial charge in [0.05, 0.1) is 5.02 Å². The average Bonchev–Trinajstić information content (AvgIpc) is 3.20. The lowest BCUT2D eigenvalue weighted by atomic mass is 9.97. The van der Waals surface area contributed by atoms with Crippen LogP contribution >= 0.6 is 11.6 Å². The Bertz CT molecular complexity index is 1070. The maximum atomic E-state index is 13.3. The van der Waals surface area contributed by atoms with Crippen LogP contribution in [0.5, 0.6) is 0 Å². The van der Waals surface area contributed by atoms with E-state index in [1.54, 1.807) is 17.0 Å². The van der Waals surface area contributed by atoms with Gasteiger partial charge in [0.15, 0.2) is 0 Å².